The largest absolute Gasteiger partial charge is 0.309 e. The van der Waals surface area contributed by atoms with Gasteiger partial charge in [0.15, 0.2) is 0 Å². The van der Waals surface area contributed by atoms with Crippen LogP contribution in [0, 0.1) is 12.3 Å². The smallest absolute Gasteiger partial charge is 0.0548 e. The molecule has 0 N–H and O–H groups in total. The summed E-state index contributed by atoms with van der Waals surface area (Å²) in [5, 5.41) is 5.04. The molecule has 2 heteroatoms. The number of rotatable bonds is 2. The van der Waals surface area contributed by atoms with Crippen LogP contribution < -0.4 is 0 Å². The first-order valence-electron chi connectivity index (χ1n) is 11.4. The number of terminal acetylenes is 1. The van der Waals surface area contributed by atoms with E-state index in [2.05, 4.69) is 118 Å². The summed E-state index contributed by atoms with van der Waals surface area (Å²) in [6.45, 7) is 0. The second-order valence-corrected chi connectivity index (χ2v) is 8.59. The molecule has 0 amide bonds. The molecule has 0 radical (unpaired) electrons. The number of hydrogen-bond donors (Lipinski definition) is 0. The summed E-state index contributed by atoms with van der Waals surface area (Å²) in [6.07, 6.45) is 5.73. The van der Waals surface area contributed by atoms with E-state index in [-0.39, 0.29) is 0 Å². The van der Waals surface area contributed by atoms with Crippen LogP contribution in [0.3, 0.4) is 0 Å². The zero-order valence-electron chi connectivity index (χ0n) is 18.4. The summed E-state index contributed by atoms with van der Waals surface area (Å²) in [6, 6.07) is 40.7. The predicted molar refractivity (Wildman–Crippen MR) is 143 cm³/mol. The van der Waals surface area contributed by atoms with Crippen molar-refractivity contribution >= 4 is 43.6 Å². The highest BCUT2D eigenvalue weighted by atomic mass is 15.0. The second-order valence-electron chi connectivity index (χ2n) is 8.59. The van der Waals surface area contributed by atoms with E-state index >= 15 is 0 Å². The summed E-state index contributed by atoms with van der Waals surface area (Å²) in [5.74, 6) is 2.78. The molecule has 0 saturated heterocycles. The molecule has 2 aromatic heterocycles. The highest BCUT2D eigenvalue weighted by Gasteiger charge is 2.20. The van der Waals surface area contributed by atoms with Crippen molar-refractivity contribution in [2.75, 3.05) is 0 Å². The van der Waals surface area contributed by atoms with Crippen molar-refractivity contribution in [2.45, 2.75) is 0 Å². The Balaban J connectivity index is 1.71. The lowest BCUT2D eigenvalue weighted by Crippen LogP contribution is -1.95. The third kappa shape index (κ3) is 2.53. The molecule has 2 nitrogen and oxygen atoms in total. The minimum atomic E-state index is 0.880. The van der Waals surface area contributed by atoms with Gasteiger partial charge in [-0.05, 0) is 54.6 Å². The van der Waals surface area contributed by atoms with Gasteiger partial charge in [0.05, 0.1) is 22.1 Å². The standard InChI is InChI=1S/C32H20N2/c1-2-22-11-10-14-24(21-22)34-28-18-9-7-16-26(28)32-30(34)20-19-29-31(32)25-15-6-8-17-27(25)33(29)23-12-4-3-5-13-23/h1,3-21H. The van der Waals surface area contributed by atoms with E-state index < -0.39 is 0 Å². The third-order valence-corrected chi connectivity index (χ3v) is 6.76. The fraction of sp³-hybridized carbons (Fsp3) is 0. The Hall–Kier alpha value is -4.74. The third-order valence-electron chi connectivity index (χ3n) is 6.76. The zero-order valence-corrected chi connectivity index (χ0v) is 18.4. The van der Waals surface area contributed by atoms with Gasteiger partial charge in [-0.3, -0.25) is 0 Å². The Morgan fingerprint density at radius 3 is 1.62 bits per heavy atom. The van der Waals surface area contributed by atoms with Crippen molar-refractivity contribution in [1.82, 2.24) is 9.13 Å². The Labute approximate surface area is 197 Å². The van der Waals surface area contributed by atoms with Gasteiger partial charge in [0.1, 0.15) is 0 Å². The molecule has 2 heterocycles. The number of hydrogen-bond acceptors (Lipinski definition) is 0. The maximum absolute atomic E-state index is 5.73. The number of benzene rings is 5. The number of fused-ring (bicyclic) bond motifs is 7. The van der Waals surface area contributed by atoms with Gasteiger partial charge in [-0.15, -0.1) is 6.42 Å². The Kier molecular flexibility index (Phi) is 3.94. The predicted octanol–water partition coefficient (Wildman–Crippen LogP) is 7.86. The normalized spacial score (nSPS) is 11.5. The molecule has 0 aliphatic heterocycles. The second kappa shape index (κ2) is 7.13. The molecule has 0 aliphatic carbocycles. The van der Waals surface area contributed by atoms with Crippen molar-refractivity contribution in [3.8, 4) is 23.7 Å². The van der Waals surface area contributed by atoms with Crippen LogP contribution in [0.4, 0.5) is 0 Å². The zero-order chi connectivity index (χ0) is 22.6. The molecule has 0 spiro atoms. The molecule has 0 bridgehead atoms. The van der Waals surface area contributed by atoms with E-state index in [1.54, 1.807) is 0 Å². The molecule has 0 saturated carbocycles. The highest BCUT2D eigenvalue weighted by molar-refractivity contribution is 6.28. The molecule has 0 unspecified atom stereocenters. The van der Waals surface area contributed by atoms with Gasteiger partial charge in [-0.25, -0.2) is 0 Å². The Morgan fingerprint density at radius 1 is 0.471 bits per heavy atom. The van der Waals surface area contributed by atoms with Crippen LogP contribution in [-0.4, -0.2) is 9.13 Å². The van der Waals surface area contributed by atoms with Crippen molar-refractivity contribution in [2.24, 2.45) is 0 Å². The minimum absolute atomic E-state index is 0.880. The average Bonchev–Trinajstić information content (AvgIpc) is 3.42. The first-order chi connectivity index (χ1) is 16.8. The summed E-state index contributed by atoms with van der Waals surface area (Å²) >= 11 is 0. The fourth-order valence-electron chi connectivity index (χ4n) is 5.39. The van der Waals surface area contributed by atoms with E-state index in [0.29, 0.717) is 0 Å². The van der Waals surface area contributed by atoms with Crippen molar-refractivity contribution in [1.29, 1.82) is 0 Å². The van der Waals surface area contributed by atoms with Crippen LogP contribution in [0.15, 0.2) is 115 Å². The van der Waals surface area contributed by atoms with E-state index in [1.165, 1.54) is 49.3 Å². The molecule has 34 heavy (non-hydrogen) atoms. The molecule has 158 valence electrons. The summed E-state index contributed by atoms with van der Waals surface area (Å²) in [4.78, 5) is 0. The lowest BCUT2D eigenvalue weighted by molar-refractivity contribution is 1.17. The number of nitrogens with zero attached hydrogens (tertiary/aromatic N) is 2. The Morgan fingerprint density at radius 2 is 1.00 bits per heavy atom. The molecule has 0 atom stereocenters. The van der Waals surface area contributed by atoms with E-state index in [0.717, 1.165) is 11.3 Å². The van der Waals surface area contributed by atoms with Gasteiger partial charge >= 0.3 is 0 Å². The maximum Gasteiger partial charge on any atom is 0.0548 e. The van der Waals surface area contributed by atoms with Crippen molar-refractivity contribution < 1.29 is 0 Å². The quantitative estimate of drug-likeness (QED) is 0.246. The Bertz CT molecular complexity index is 1910. The maximum atomic E-state index is 5.73. The van der Waals surface area contributed by atoms with Gasteiger partial charge < -0.3 is 9.13 Å². The van der Waals surface area contributed by atoms with Gasteiger partial charge in [0.2, 0.25) is 0 Å². The molecule has 0 fully saturated rings. The van der Waals surface area contributed by atoms with Crippen LogP contribution >= 0.6 is 0 Å². The lowest BCUT2D eigenvalue weighted by Gasteiger charge is -2.09. The first-order valence-corrected chi connectivity index (χ1v) is 11.4. The highest BCUT2D eigenvalue weighted by Crippen LogP contribution is 2.42. The number of aromatic nitrogens is 2. The molecular formula is C32H20N2. The van der Waals surface area contributed by atoms with Crippen LogP contribution in [0.25, 0.3) is 55.0 Å². The molecule has 5 aromatic carbocycles. The average molecular weight is 433 g/mol. The molecule has 7 rings (SSSR count). The first kappa shape index (κ1) is 18.8. The van der Waals surface area contributed by atoms with E-state index in [9.17, 15) is 0 Å². The van der Waals surface area contributed by atoms with Gasteiger partial charge in [0, 0.05) is 38.5 Å². The van der Waals surface area contributed by atoms with Crippen LogP contribution in [-0.2, 0) is 0 Å². The van der Waals surface area contributed by atoms with Crippen LogP contribution in [0.1, 0.15) is 5.56 Å². The molecule has 7 aromatic rings. The fourth-order valence-corrected chi connectivity index (χ4v) is 5.39. The lowest BCUT2D eigenvalue weighted by atomic mass is 10.1. The van der Waals surface area contributed by atoms with E-state index in [4.69, 9.17) is 6.42 Å². The van der Waals surface area contributed by atoms with Gasteiger partial charge in [-0.1, -0.05) is 66.6 Å². The molecule has 0 aliphatic rings. The van der Waals surface area contributed by atoms with Crippen molar-refractivity contribution in [3.05, 3.63) is 121 Å². The summed E-state index contributed by atoms with van der Waals surface area (Å²) in [7, 11) is 0. The number of para-hydroxylation sites is 3. The van der Waals surface area contributed by atoms with E-state index in [1.807, 2.05) is 12.1 Å². The SMILES string of the molecule is C#Cc1cccc(-n2c3ccccc3c3c4c5ccccc5n(-c5ccccc5)c4ccc32)c1. The van der Waals surface area contributed by atoms with Crippen LogP contribution in [0.2, 0.25) is 0 Å². The topological polar surface area (TPSA) is 9.86 Å². The summed E-state index contributed by atoms with van der Waals surface area (Å²) in [5.41, 5.74) is 7.90. The minimum Gasteiger partial charge on any atom is -0.309 e. The monoisotopic (exact) mass is 432 g/mol. The van der Waals surface area contributed by atoms with Crippen molar-refractivity contribution in [3.63, 3.8) is 0 Å². The molecular weight excluding hydrogens is 412 g/mol. The van der Waals surface area contributed by atoms with Gasteiger partial charge in [0.25, 0.3) is 0 Å². The summed E-state index contributed by atoms with van der Waals surface area (Å²) < 4.78 is 4.70. The van der Waals surface area contributed by atoms with Gasteiger partial charge in [-0.2, -0.15) is 0 Å². The van der Waals surface area contributed by atoms with Crippen LogP contribution in [0.5, 0.6) is 0 Å².